The zero-order chi connectivity index (χ0) is 22.0. The minimum atomic E-state index is -4.84. The molecular weight excluding hydrogens is 417 g/mol. The number of methoxy groups -OCH3 is 2. The van der Waals surface area contributed by atoms with Gasteiger partial charge in [-0.05, 0) is 36.4 Å². The number of oxazole rings is 1. The molecule has 0 aliphatic heterocycles. The van der Waals surface area contributed by atoms with E-state index in [4.69, 9.17) is 13.9 Å². The van der Waals surface area contributed by atoms with Crippen LogP contribution in [0.15, 0.2) is 59.7 Å². The first-order valence-corrected chi connectivity index (χ1v) is 8.81. The zero-order valence-corrected chi connectivity index (χ0v) is 16.3. The van der Waals surface area contributed by atoms with Crippen molar-refractivity contribution >= 4 is 0 Å². The Kier molecular flexibility index (Phi) is 5.24. The Bertz CT molecular complexity index is 1190. The van der Waals surface area contributed by atoms with Gasteiger partial charge in [-0.3, -0.25) is 0 Å². The van der Waals surface area contributed by atoms with Gasteiger partial charge in [0.2, 0.25) is 5.89 Å². The SMILES string of the molecule is COc1ccc(-c2cnc(-c3cc(OC(F)(F)F)ccc3-n3cncn3)o2)cc1OC. The molecule has 2 heterocycles. The lowest BCUT2D eigenvalue weighted by atomic mass is 10.1. The maximum absolute atomic E-state index is 12.7. The summed E-state index contributed by atoms with van der Waals surface area (Å²) in [6.07, 6.45) is -0.678. The number of nitrogens with zero attached hydrogens (tertiary/aromatic N) is 4. The topological polar surface area (TPSA) is 84.4 Å². The van der Waals surface area contributed by atoms with Gasteiger partial charge in [0, 0.05) is 5.56 Å². The number of rotatable bonds is 6. The molecule has 2 aromatic carbocycles. The molecule has 2 aromatic heterocycles. The van der Waals surface area contributed by atoms with E-state index >= 15 is 0 Å². The molecule has 0 N–H and O–H groups in total. The highest BCUT2D eigenvalue weighted by molar-refractivity contribution is 5.70. The van der Waals surface area contributed by atoms with E-state index in [2.05, 4.69) is 19.8 Å². The van der Waals surface area contributed by atoms with E-state index < -0.39 is 12.1 Å². The molecule has 0 atom stereocenters. The maximum atomic E-state index is 12.7. The second-order valence-electron chi connectivity index (χ2n) is 6.17. The van der Waals surface area contributed by atoms with Crippen LogP contribution >= 0.6 is 0 Å². The van der Waals surface area contributed by atoms with Crippen molar-refractivity contribution in [1.29, 1.82) is 0 Å². The summed E-state index contributed by atoms with van der Waals surface area (Å²) in [7, 11) is 3.02. The van der Waals surface area contributed by atoms with Crippen LogP contribution in [0.3, 0.4) is 0 Å². The van der Waals surface area contributed by atoms with Crippen molar-refractivity contribution in [3.05, 3.63) is 55.2 Å². The van der Waals surface area contributed by atoms with Crippen LogP contribution in [-0.4, -0.2) is 40.3 Å². The Labute approximate surface area is 173 Å². The van der Waals surface area contributed by atoms with Crippen molar-refractivity contribution in [2.45, 2.75) is 6.36 Å². The monoisotopic (exact) mass is 432 g/mol. The highest BCUT2D eigenvalue weighted by Gasteiger charge is 2.31. The summed E-state index contributed by atoms with van der Waals surface area (Å²) in [5.41, 5.74) is 1.29. The molecule has 160 valence electrons. The van der Waals surface area contributed by atoms with Gasteiger partial charge in [-0.25, -0.2) is 14.6 Å². The number of halogens is 3. The summed E-state index contributed by atoms with van der Waals surface area (Å²) in [6, 6.07) is 8.90. The first kappa shape index (κ1) is 20.3. The fourth-order valence-corrected chi connectivity index (χ4v) is 2.94. The van der Waals surface area contributed by atoms with Gasteiger partial charge in [0.05, 0.1) is 31.7 Å². The largest absolute Gasteiger partial charge is 0.573 e. The van der Waals surface area contributed by atoms with Crippen LogP contribution < -0.4 is 14.2 Å². The van der Waals surface area contributed by atoms with Crippen LogP contribution in [0.5, 0.6) is 17.2 Å². The Morgan fingerprint density at radius 1 is 1.00 bits per heavy atom. The van der Waals surface area contributed by atoms with Gasteiger partial charge in [0.1, 0.15) is 18.4 Å². The number of alkyl halides is 3. The average molecular weight is 432 g/mol. The fourth-order valence-electron chi connectivity index (χ4n) is 2.94. The molecule has 0 unspecified atom stereocenters. The van der Waals surface area contributed by atoms with E-state index in [9.17, 15) is 13.2 Å². The number of benzene rings is 2. The van der Waals surface area contributed by atoms with Crippen LogP contribution in [0.4, 0.5) is 13.2 Å². The van der Waals surface area contributed by atoms with E-state index in [1.807, 2.05) is 0 Å². The molecule has 0 bridgehead atoms. The summed E-state index contributed by atoms with van der Waals surface area (Å²) < 4.78 is 59.9. The van der Waals surface area contributed by atoms with E-state index in [-0.39, 0.29) is 11.5 Å². The Morgan fingerprint density at radius 2 is 1.81 bits per heavy atom. The molecule has 0 radical (unpaired) electrons. The molecular formula is C20H15F3N4O4. The molecule has 0 aliphatic carbocycles. The third kappa shape index (κ3) is 4.29. The van der Waals surface area contributed by atoms with Crippen LogP contribution in [0.2, 0.25) is 0 Å². The van der Waals surface area contributed by atoms with Gasteiger partial charge < -0.3 is 18.6 Å². The Balaban J connectivity index is 1.77. The quantitative estimate of drug-likeness (QED) is 0.443. The van der Waals surface area contributed by atoms with Crippen molar-refractivity contribution < 1.29 is 31.8 Å². The molecule has 0 aliphatic rings. The average Bonchev–Trinajstić information content (AvgIpc) is 3.44. The molecule has 31 heavy (non-hydrogen) atoms. The lowest BCUT2D eigenvalue weighted by Crippen LogP contribution is -2.17. The third-order valence-corrected chi connectivity index (χ3v) is 4.27. The van der Waals surface area contributed by atoms with Gasteiger partial charge in [0.15, 0.2) is 17.3 Å². The van der Waals surface area contributed by atoms with Crippen molar-refractivity contribution in [3.63, 3.8) is 0 Å². The normalized spacial score (nSPS) is 11.4. The van der Waals surface area contributed by atoms with Gasteiger partial charge in [-0.15, -0.1) is 13.2 Å². The first-order valence-electron chi connectivity index (χ1n) is 8.81. The van der Waals surface area contributed by atoms with Gasteiger partial charge in [0.25, 0.3) is 0 Å². The van der Waals surface area contributed by atoms with Crippen molar-refractivity contribution in [1.82, 2.24) is 19.7 Å². The number of aromatic nitrogens is 4. The first-order chi connectivity index (χ1) is 14.9. The Morgan fingerprint density at radius 3 is 2.48 bits per heavy atom. The Hall–Kier alpha value is -4.02. The smallest absolute Gasteiger partial charge is 0.493 e. The number of hydrogen-bond donors (Lipinski definition) is 0. The lowest BCUT2D eigenvalue weighted by Gasteiger charge is -2.12. The van der Waals surface area contributed by atoms with Crippen molar-refractivity contribution in [2.24, 2.45) is 0 Å². The zero-order valence-electron chi connectivity index (χ0n) is 16.3. The molecule has 4 rings (SSSR count). The highest BCUT2D eigenvalue weighted by atomic mass is 19.4. The summed E-state index contributed by atoms with van der Waals surface area (Å²) >= 11 is 0. The summed E-state index contributed by atoms with van der Waals surface area (Å²) in [5.74, 6) is 1.06. The van der Waals surface area contributed by atoms with E-state index in [1.165, 1.54) is 56.0 Å². The molecule has 8 nitrogen and oxygen atoms in total. The molecule has 0 amide bonds. The van der Waals surface area contributed by atoms with Gasteiger partial charge >= 0.3 is 6.36 Å². The summed E-state index contributed by atoms with van der Waals surface area (Å²) in [5, 5.41) is 4.03. The van der Waals surface area contributed by atoms with Crippen LogP contribution in [-0.2, 0) is 0 Å². The standard InChI is InChI=1S/C20H15F3N4O4/c1-28-16-6-3-12(7-17(16)29-2)18-9-25-19(30-18)14-8-13(31-20(21,22)23)4-5-15(14)27-11-24-10-26-27/h3-11H,1-2H3. The van der Waals surface area contributed by atoms with Crippen LogP contribution in [0.25, 0.3) is 28.5 Å². The molecule has 0 fully saturated rings. The van der Waals surface area contributed by atoms with Crippen molar-refractivity contribution in [2.75, 3.05) is 14.2 Å². The molecule has 0 saturated heterocycles. The van der Waals surface area contributed by atoms with E-state index in [0.717, 1.165) is 0 Å². The summed E-state index contributed by atoms with van der Waals surface area (Å²) in [6.45, 7) is 0. The predicted octanol–water partition coefficient (Wildman–Crippen LogP) is 4.51. The second kappa shape index (κ2) is 8.01. The summed E-state index contributed by atoms with van der Waals surface area (Å²) in [4.78, 5) is 8.10. The third-order valence-electron chi connectivity index (χ3n) is 4.27. The predicted molar refractivity (Wildman–Crippen MR) is 102 cm³/mol. The fraction of sp³-hybridized carbons (Fsp3) is 0.150. The minimum absolute atomic E-state index is 0.0721. The highest BCUT2D eigenvalue weighted by Crippen LogP contribution is 2.36. The molecule has 11 heteroatoms. The van der Waals surface area contributed by atoms with E-state index in [1.54, 1.807) is 18.2 Å². The van der Waals surface area contributed by atoms with Crippen LogP contribution in [0.1, 0.15) is 0 Å². The van der Waals surface area contributed by atoms with Gasteiger partial charge in [-0.1, -0.05) is 0 Å². The van der Waals surface area contributed by atoms with E-state index in [0.29, 0.717) is 28.5 Å². The number of hydrogen-bond acceptors (Lipinski definition) is 7. The lowest BCUT2D eigenvalue weighted by molar-refractivity contribution is -0.274. The minimum Gasteiger partial charge on any atom is -0.493 e. The number of ether oxygens (including phenoxy) is 3. The molecule has 0 spiro atoms. The van der Waals surface area contributed by atoms with Crippen molar-refractivity contribution in [3.8, 4) is 45.7 Å². The second-order valence-corrected chi connectivity index (χ2v) is 6.17. The maximum Gasteiger partial charge on any atom is 0.573 e. The van der Waals surface area contributed by atoms with Gasteiger partial charge in [-0.2, -0.15) is 5.10 Å². The molecule has 4 aromatic rings. The van der Waals surface area contributed by atoms with Crippen LogP contribution in [0, 0.1) is 0 Å². The molecule has 0 saturated carbocycles.